The van der Waals surface area contributed by atoms with Gasteiger partial charge in [-0.2, -0.15) is 0 Å². The molecule has 0 saturated heterocycles. The molecule has 0 bridgehead atoms. The SMILES string of the molecule is CCN(c1ccccc1)S(=O)(=O)c1cccc(C(=O)NCC(c2ccco2)N(C)C)c1. The van der Waals surface area contributed by atoms with E-state index in [-0.39, 0.29) is 29.0 Å². The Morgan fingerprint density at radius 3 is 2.39 bits per heavy atom. The molecule has 0 aliphatic heterocycles. The van der Waals surface area contributed by atoms with Crippen molar-refractivity contribution in [2.45, 2.75) is 17.9 Å². The Hall–Kier alpha value is -3.10. The van der Waals surface area contributed by atoms with E-state index in [2.05, 4.69) is 5.32 Å². The van der Waals surface area contributed by atoms with Crippen LogP contribution in [0.25, 0.3) is 0 Å². The van der Waals surface area contributed by atoms with Crippen LogP contribution < -0.4 is 9.62 Å². The van der Waals surface area contributed by atoms with E-state index in [1.165, 1.54) is 16.4 Å². The second-order valence-corrected chi connectivity index (χ2v) is 9.10. The highest BCUT2D eigenvalue weighted by atomic mass is 32.2. The van der Waals surface area contributed by atoms with Crippen LogP contribution in [0.2, 0.25) is 0 Å². The van der Waals surface area contributed by atoms with E-state index >= 15 is 0 Å². The summed E-state index contributed by atoms with van der Waals surface area (Å²) in [5.74, 6) is 0.390. The number of furan rings is 1. The van der Waals surface area contributed by atoms with Gasteiger partial charge in [0.1, 0.15) is 5.76 Å². The van der Waals surface area contributed by atoms with E-state index in [4.69, 9.17) is 4.42 Å². The van der Waals surface area contributed by atoms with Gasteiger partial charge in [0, 0.05) is 18.7 Å². The minimum Gasteiger partial charge on any atom is -0.468 e. The quantitative estimate of drug-likeness (QED) is 0.549. The van der Waals surface area contributed by atoms with Crippen LogP contribution in [0.5, 0.6) is 0 Å². The maximum atomic E-state index is 13.2. The van der Waals surface area contributed by atoms with Gasteiger partial charge in [-0.05, 0) is 63.5 Å². The lowest BCUT2D eigenvalue weighted by Crippen LogP contribution is -2.34. The highest BCUT2D eigenvalue weighted by molar-refractivity contribution is 7.92. The van der Waals surface area contributed by atoms with Gasteiger partial charge >= 0.3 is 0 Å². The molecule has 2 aromatic carbocycles. The minimum atomic E-state index is -3.81. The van der Waals surface area contributed by atoms with Crippen LogP contribution in [0.1, 0.15) is 29.1 Å². The number of anilines is 1. The average Bonchev–Trinajstić information content (AvgIpc) is 3.29. The van der Waals surface area contributed by atoms with Crippen LogP contribution in [0.15, 0.2) is 82.3 Å². The molecule has 1 heterocycles. The van der Waals surface area contributed by atoms with Crippen molar-refractivity contribution in [3.05, 3.63) is 84.3 Å². The van der Waals surface area contributed by atoms with Crippen LogP contribution in [0.4, 0.5) is 5.69 Å². The number of nitrogens with one attached hydrogen (secondary N) is 1. The number of nitrogens with zero attached hydrogens (tertiary/aromatic N) is 2. The summed E-state index contributed by atoms with van der Waals surface area (Å²) in [6.07, 6.45) is 1.59. The fourth-order valence-corrected chi connectivity index (χ4v) is 4.84. The minimum absolute atomic E-state index is 0.0704. The number of carbonyl (C=O) groups excluding carboxylic acids is 1. The zero-order valence-corrected chi connectivity index (χ0v) is 18.7. The molecule has 0 saturated carbocycles. The Balaban J connectivity index is 1.79. The molecule has 31 heavy (non-hydrogen) atoms. The number of amides is 1. The Bertz CT molecular complexity index is 1100. The number of para-hydroxylation sites is 1. The van der Waals surface area contributed by atoms with Crippen LogP contribution in [-0.4, -0.2) is 46.4 Å². The van der Waals surface area contributed by atoms with E-state index in [1.54, 1.807) is 55.7 Å². The molecule has 0 radical (unpaired) electrons. The smallest absolute Gasteiger partial charge is 0.264 e. The van der Waals surface area contributed by atoms with Crippen molar-refractivity contribution in [3.8, 4) is 0 Å². The fraction of sp³-hybridized carbons (Fsp3) is 0.261. The predicted molar refractivity (Wildman–Crippen MR) is 121 cm³/mol. The second-order valence-electron chi connectivity index (χ2n) is 7.24. The first-order chi connectivity index (χ1) is 14.8. The zero-order chi connectivity index (χ0) is 22.4. The van der Waals surface area contributed by atoms with E-state index in [1.807, 2.05) is 31.1 Å². The van der Waals surface area contributed by atoms with Crippen molar-refractivity contribution in [2.24, 2.45) is 0 Å². The van der Waals surface area contributed by atoms with Gasteiger partial charge in [0.05, 0.1) is 22.9 Å². The third kappa shape index (κ3) is 5.15. The van der Waals surface area contributed by atoms with E-state index in [0.717, 1.165) is 5.76 Å². The molecule has 0 fully saturated rings. The summed E-state index contributed by atoms with van der Waals surface area (Å²) in [6.45, 7) is 2.37. The number of benzene rings is 2. The number of likely N-dealkylation sites (N-methyl/N-ethyl adjacent to an activating group) is 1. The molecule has 3 rings (SSSR count). The summed E-state index contributed by atoms with van der Waals surface area (Å²) in [7, 11) is -0.0137. The standard InChI is InChI=1S/C23H27N3O4S/c1-4-26(19-11-6-5-7-12-19)31(28,29)20-13-8-10-18(16-20)23(27)24-17-21(25(2)3)22-14-9-15-30-22/h5-16,21H,4,17H2,1-3H3,(H,24,27). The van der Waals surface area contributed by atoms with Crippen molar-refractivity contribution in [1.29, 1.82) is 0 Å². The monoisotopic (exact) mass is 441 g/mol. The molecule has 164 valence electrons. The molecule has 7 nitrogen and oxygen atoms in total. The molecule has 1 aromatic heterocycles. The first-order valence-electron chi connectivity index (χ1n) is 10.0. The van der Waals surface area contributed by atoms with Gasteiger partial charge in [-0.3, -0.25) is 14.0 Å². The normalized spacial score (nSPS) is 12.5. The Kier molecular flexibility index (Phi) is 7.14. The zero-order valence-electron chi connectivity index (χ0n) is 17.9. The molecule has 1 unspecified atom stereocenters. The van der Waals surface area contributed by atoms with Gasteiger partial charge in [0.2, 0.25) is 0 Å². The Morgan fingerprint density at radius 2 is 1.77 bits per heavy atom. The molecule has 1 N–H and O–H groups in total. The highest BCUT2D eigenvalue weighted by Crippen LogP contribution is 2.24. The number of rotatable bonds is 9. The molecule has 1 atom stereocenters. The topological polar surface area (TPSA) is 82.9 Å². The van der Waals surface area contributed by atoms with Crippen molar-refractivity contribution >= 4 is 21.6 Å². The number of hydrogen-bond donors (Lipinski definition) is 1. The number of hydrogen-bond acceptors (Lipinski definition) is 5. The lowest BCUT2D eigenvalue weighted by molar-refractivity contribution is 0.0939. The van der Waals surface area contributed by atoms with Crippen LogP contribution in [0.3, 0.4) is 0 Å². The molecule has 0 aliphatic rings. The lowest BCUT2D eigenvalue weighted by atomic mass is 10.2. The second kappa shape index (κ2) is 9.80. The Morgan fingerprint density at radius 1 is 1.03 bits per heavy atom. The highest BCUT2D eigenvalue weighted by Gasteiger charge is 2.25. The van der Waals surface area contributed by atoms with Crippen LogP contribution in [0, 0.1) is 0 Å². The van der Waals surface area contributed by atoms with Gasteiger partial charge in [0.15, 0.2) is 0 Å². The van der Waals surface area contributed by atoms with Crippen molar-refractivity contribution in [2.75, 3.05) is 31.5 Å². The molecular weight excluding hydrogens is 414 g/mol. The third-order valence-corrected chi connectivity index (χ3v) is 6.87. The first-order valence-corrected chi connectivity index (χ1v) is 11.4. The number of sulfonamides is 1. The average molecular weight is 442 g/mol. The largest absolute Gasteiger partial charge is 0.468 e. The van der Waals surface area contributed by atoms with Gasteiger partial charge in [-0.1, -0.05) is 24.3 Å². The fourth-order valence-electron chi connectivity index (χ4n) is 3.32. The van der Waals surface area contributed by atoms with E-state index < -0.39 is 10.0 Å². The summed E-state index contributed by atoms with van der Waals surface area (Å²) in [6, 6.07) is 18.5. The summed E-state index contributed by atoms with van der Waals surface area (Å²) < 4.78 is 33.2. The van der Waals surface area contributed by atoms with Crippen molar-refractivity contribution < 1.29 is 17.6 Å². The summed E-state index contributed by atoms with van der Waals surface area (Å²) >= 11 is 0. The third-order valence-electron chi connectivity index (χ3n) is 4.97. The first kappa shape index (κ1) is 22.6. The predicted octanol–water partition coefficient (Wildman–Crippen LogP) is 3.53. The molecule has 1 amide bonds. The molecule has 0 spiro atoms. The van der Waals surface area contributed by atoms with Gasteiger partial charge in [-0.15, -0.1) is 0 Å². The summed E-state index contributed by atoms with van der Waals surface area (Å²) in [5, 5.41) is 2.87. The van der Waals surface area contributed by atoms with Crippen molar-refractivity contribution in [1.82, 2.24) is 10.2 Å². The van der Waals surface area contributed by atoms with E-state index in [0.29, 0.717) is 12.2 Å². The van der Waals surface area contributed by atoms with Gasteiger partial charge in [-0.25, -0.2) is 8.42 Å². The lowest BCUT2D eigenvalue weighted by Gasteiger charge is -2.23. The molecule has 8 heteroatoms. The van der Waals surface area contributed by atoms with E-state index in [9.17, 15) is 13.2 Å². The van der Waals surface area contributed by atoms with Crippen molar-refractivity contribution in [3.63, 3.8) is 0 Å². The molecule has 0 aliphatic carbocycles. The van der Waals surface area contributed by atoms with Gasteiger partial charge in [0.25, 0.3) is 15.9 Å². The summed E-state index contributed by atoms with van der Waals surface area (Å²) in [4.78, 5) is 14.8. The number of carbonyl (C=O) groups is 1. The van der Waals surface area contributed by atoms with Crippen LogP contribution in [-0.2, 0) is 10.0 Å². The maximum absolute atomic E-state index is 13.2. The molecule has 3 aromatic rings. The maximum Gasteiger partial charge on any atom is 0.264 e. The Labute approximate surface area is 183 Å². The van der Waals surface area contributed by atoms with Gasteiger partial charge < -0.3 is 9.73 Å². The molecular formula is C23H27N3O4S. The summed E-state index contributed by atoms with van der Waals surface area (Å²) in [5.41, 5.74) is 0.856. The van der Waals surface area contributed by atoms with Crippen LogP contribution >= 0.6 is 0 Å².